The minimum atomic E-state index is -1.11. The molecule has 1 aromatic heterocycles. The standard InChI is InChI=1S/C28H32ClFN4O8/c1-14-10-16(35)12-34(14)24-20-23(40-13-15-11-32(26(37)38)8-9-33(15)25(20)36)21(29)22(31-24)19-17(30)6-5-7-18(19)41-27(39)42-28(2,3)4/h5-7,14-16,35H,8-13H2,1-4H3,(H,37,38)/t14-,15?,16+/m0/s1. The van der Waals surface area contributed by atoms with Gasteiger partial charge >= 0.3 is 12.2 Å². The number of rotatable bonds is 3. The third-order valence-electron chi connectivity index (χ3n) is 7.34. The van der Waals surface area contributed by atoms with Crippen LogP contribution in [0.3, 0.4) is 0 Å². The number of halogens is 2. The van der Waals surface area contributed by atoms with E-state index in [1.54, 1.807) is 25.7 Å². The maximum atomic E-state index is 15.5. The molecule has 42 heavy (non-hydrogen) atoms. The summed E-state index contributed by atoms with van der Waals surface area (Å²) in [5.74, 6) is -1.43. The van der Waals surface area contributed by atoms with Gasteiger partial charge in [-0.2, -0.15) is 0 Å². The molecule has 0 bridgehead atoms. The maximum absolute atomic E-state index is 15.5. The van der Waals surface area contributed by atoms with E-state index in [-0.39, 0.29) is 78.0 Å². The van der Waals surface area contributed by atoms with Crippen LogP contribution in [0.5, 0.6) is 11.5 Å². The highest BCUT2D eigenvalue weighted by Gasteiger charge is 2.43. The second-order valence-electron chi connectivity index (χ2n) is 11.6. The van der Waals surface area contributed by atoms with Gasteiger partial charge in [-0.25, -0.2) is 19.0 Å². The van der Waals surface area contributed by atoms with Gasteiger partial charge in [-0.15, -0.1) is 0 Å². The van der Waals surface area contributed by atoms with Crippen molar-refractivity contribution in [2.24, 2.45) is 0 Å². The zero-order valence-corrected chi connectivity index (χ0v) is 24.4. The molecule has 12 nitrogen and oxygen atoms in total. The fourth-order valence-corrected chi connectivity index (χ4v) is 5.76. The number of piperazine rings is 1. The summed E-state index contributed by atoms with van der Waals surface area (Å²) in [6.07, 6.45) is -2.48. The number of hydrogen-bond donors (Lipinski definition) is 2. The number of aliphatic hydroxyl groups excluding tert-OH is 1. The van der Waals surface area contributed by atoms with E-state index >= 15 is 4.39 Å². The average Bonchev–Trinajstić information content (AvgIpc) is 3.15. The lowest BCUT2D eigenvalue weighted by atomic mass is 10.0. The van der Waals surface area contributed by atoms with E-state index in [0.29, 0.717) is 6.42 Å². The van der Waals surface area contributed by atoms with Crippen LogP contribution in [0.1, 0.15) is 44.5 Å². The number of aliphatic hydroxyl groups is 1. The Morgan fingerprint density at radius 1 is 1.17 bits per heavy atom. The summed E-state index contributed by atoms with van der Waals surface area (Å²) in [6, 6.07) is 3.00. The summed E-state index contributed by atoms with van der Waals surface area (Å²) in [5, 5.41) is 19.7. The van der Waals surface area contributed by atoms with Crippen LogP contribution < -0.4 is 14.4 Å². The molecular formula is C28H32ClFN4O8. The average molecular weight is 607 g/mol. The smallest absolute Gasteiger partial charge is 0.489 e. The second kappa shape index (κ2) is 11.1. The molecule has 0 spiro atoms. The van der Waals surface area contributed by atoms with E-state index in [1.165, 1.54) is 21.9 Å². The number of β-amino-alcohol motifs (C(OH)–C–C–N with tert-alkyl or cyclic N) is 1. The fraction of sp³-hybridized carbons (Fsp3) is 0.500. The third-order valence-corrected chi connectivity index (χ3v) is 7.69. The second-order valence-corrected chi connectivity index (χ2v) is 11.9. The van der Waals surface area contributed by atoms with Gasteiger partial charge in [-0.1, -0.05) is 17.7 Å². The number of fused-ring (bicyclic) bond motifs is 2. The lowest BCUT2D eigenvalue weighted by Gasteiger charge is -2.38. The monoisotopic (exact) mass is 606 g/mol. The Morgan fingerprint density at radius 2 is 1.90 bits per heavy atom. The van der Waals surface area contributed by atoms with E-state index in [9.17, 15) is 24.6 Å². The number of carbonyl (C=O) groups excluding carboxylic acids is 2. The zero-order valence-electron chi connectivity index (χ0n) is 23.6. The summed E-state index contributed by atoms with van der Waals surface area (Å²) in [5.41, 5.74) is -1.24. The predicted molar refractivity (Wildman–Crippen MR) is 149 cm³/mol. The predicted octanol–water partition coefficient (Wildman–Crippen LogP) is 4.01. The first kappa shape index (κ1) is 29.6. The van der Waals surface area contributed by atoms with Gasteiger partial charge in [-0.3, -0.25) is 4.79 Å². The molecule has 3 aliphatic heterocycles. The maximum Gasteiger partial charge on any atom is 0.514 e. The number of hydrogen-bond acceptors (Lipinski definition) is 9. The number of carbonyl (C=O) groups is 3. The van der Waals surface area contributed by atoms with Crippen molar-refractivity contribution in [3.63, 3.8) is 0 Å². The van der Waals surface area contributed by atoms with Crippen LogP contribution >= 0.6 is 11.6 Å². The Bertz CT molecular complexity index is 1430. The summed E-state index contributed by atoms with van der Waals surface area (Å²) in [7, 11) is 0. The van der Waals surface area contributed by atoms with Gasteiger partial charge < -0.3 is 39.1 Å². The molecule has 4 heterocycles. The molecule has 0 saturated carbocycles. The summed E-state index contributed by atoms with van der Waals surface area (Å²) < 4.78 is 32.3. The molecule has 1 unspecified atom stereocenters. The highest BCUT2D eigenvalue weighted by atomic mass is 35.5. The first-order valence-corrected chi connectivity index (χ1v) is 13.9. The van der Waals surface area contributed by atoms with Gasteiger partial charge in [0.15, 0.2) is 5.75 Å². The molecule has 3 aliphatic rings. The molecule has 2 fully saturated rings. The van der Waals surface area contributed by atoms with E-state index in [4.69, 9.17) is 25.8 Å². The first-order valence-electron chi connectivity index (χ1n) is 13.5. The molecule has 0 aliphatic carbocycles. The van der Waals surface area contributed by atoms with Crippen molar-refractivity contribution in [1.29, 1.82) is 0 Å². The van der Waals surface area contributed by atoms with Crippen molar-refractivity contribution in [2.45, 2.75) is 57.9 Å². The summed E-state index contributed by atoms with van der Waals surface area (Å²) in [6.45, 7) is 7.14. The van der Waals surface area contributed by atoms with Crippen LogP contribution in [0.2, 0.25) is 5.02 Å². The number of pyridine rings is 1. The molecule has 5 rings (SSSR count). The zero-order chi connectivity index (χ0) is 30.5. The van der Waals surface area contributed by atoms with Gasteiger partial charge in [0.1, 0.15) is 45.9 Å². The van der Waals surface area contributed by atoms with E-state index in [0.717, 1.165) is 6.07 Å². The highest BCUT2D eigenvalue weighted by molar-refractivity contribution is 6.35. The Balaban J connectivity index is 1.66. The molecule has 2 aromatic rings. The van der Waals surface area contributed by atoms with Crippen LogP contribution in [-0.2, 0) is 4.74 Å². The van der Waals surface area contributed by atoms with Gasteiger partial charge in [0.2, 0.25) is 0 Å². The van der Waals surface area contributed by atoms with Crippen LogP contribution in [-0.4, -0.2) is 99.7 Å². The van der Waals surface area contributed by atoms with Crippen LogP contribution in [0.15, 0.2) is 18.2 Å². The molecule has 0 radical (unpaired) electrons. The number of ether oxygens (including phenoxy) is 3. The first-order chi connectivity index (χ1) is 19.7. The van der Waals surface area contributed by atoms with Crippen molar-refractivity contribution in [2.75, 3.05) is 37.7 Å². The molecule has 226 valence electrons. The summed E-state index contributed by atoms with van der Waals surface area (Å²) >= 11 is 6.84. The highest BCUT2D eigenvalue weighted by Crippen LogP contribution is 2.47. The van der Waals surface area contributed by atoms with Crippen molar-refractivity contribution >= 4 is 35.6 Å². The molecular weight excluding hydrogens is 575 g/mol. The molecule has 14 heteroatoms. The van der Waals surface area contributed by atoms with Crippen molar-refractivity contribution in [1.82, 2.24) is 14.8 Å². The lowest BCUT2D eigenvalue weighted by Crippen LogP contribution is -2.57. The Morgan fingerprint density at radius 3 is 2.55 bits per heavy atom. The number of nitrogens with zero attached hydrogens (tertiary/aromatic N) is 4. The van der Waals surface area contributed by atoms with Crippen LogP contribution in [0.25, 0.3) is 11.3 Å². The minimum Gasteiger partial charge on any atom is -0.489 e. The third kappa shape index (κ3) is 5.62. The van der Waals surface area contributed by atoms with Crippen LogP contribution in [0.4, 0.5) is 19.8 Å². The number of anilines is 1. The fourth-order valence-electron chi connectivity index (χ4n) is 5.47. The number of carboxylic acid groups (broad SMARTS) is 1. The van der Waals surface area contributed by atoms with Crippen molar-refractivity contribution < 1.29 is 43.2 Å². The topological polar surface area (TPSA) is 142 Å². The van der Waals surface area contributed by atoms with E-state index in [1.807, 2.05) is 6.92 Å². The van der Waals surface area contributed by atoms with Crippen molar-refractivity contribution in [3.8, 4) is 22.8 Å². The van der Waals surface area contributed by atoms with Gasteiger partial charge in [0.05, 0.1) is 17.7 Å². The molecule has 2 saturated heterocycles. The van der Waals surface area contributed by atoms with Gasteiger partial charge in [0.25, 0.3) is 5.91 Å². The Hall–Kier alpha value is -3.84. The molecule has 2 N–H and O–H groups in total. The lowest BCUT2D eigenvalue weighted by molar-refractivity contribution is 0.0206. The van der Waals surface area contributed by atoms with Crippen LogP contribution in [0, 0.1) is 5.82 Å². The summed E-state index contributed by atoms with van der Waals surface area (Å²) in [4.78, 5) is 47.4. The van der Waals surface area contributed by atoms with E-state index < -0.39 is 41.7 Å². The Kier molecular flexibility index (Phi) is 7.84. The molecule has 1 aromatic carbocycles. The van der Waals surface area contributed by atoms with Gasteiger partial charge in [-0.05, 0) is 46.2 Å². The van der Waals surface area contributed by atoms with Gasteiger partial charge in [0, 0.05) is 32.2 Å². The largest absolute Gasteiger partial charge is 0.514 e. The number of amides is 2. The Labute approximate surface area is 246 Å². The minimum absolute atomic E-state index is 0.0296. The van der Waals surface area contributed by atoms with Crippen molar-refractivity contribution in [3.05, 3.63) is 34.6 Å². The SMILES string of the molecule is C[C@H]1C[C@@H](O)CN1c1nc(-c2c(F)cccc2OC(=O)OC(C)(C)C)c(Cl)c2c1C(=O)N1CCN(C(=O)O)CC1CO2. The number of aromatic nitrogens is 1. The number of benzene rings is 1. The molecule has 3 atom stereocenters. The molecule has 2 amide bonds. The van der Waals surface area contributed by atoms with E-state index in [2.05, 4.69) is 4.98 Å². The quantitative estimate of drug-likeness (QED) is 0.389. The normalized spacial score (nSPS) is 22.2.